The van der Waals surface area contributed by atoms with Crippen LogP contribution in [0.2, 0.25) is 5.02 Å². The van der Waals surface area contributed by atoms with Gasteiger partial charge in [-0.2, -0.15) is 5.26 Å². The molecule has 0 aliphatic carbocycles. The van der Waals surface area contributed by atoms with Crippen LogP contribution in [0.15, 0.2) is 40.9 Å². The molecular weight excluding hydrogens is 340 g/mol. The van der Waals surface area contributed by atoms with E-state index >= 15 is 0 Å². The van der Waals surface area contributed by atoms with Gasteiger partial charge in [0.15, 0.2) is 0 Å². The molecular formula is C15H12BrClN2O. The van der Waals surface area contributed by atoms with Gasteiger partial charge in [0.2, 0.25) is 0 Å². The monoisotopic (exact) mass is 350 g/mol. The summed E-state index contributed by atoms with van der Waals surface area (Å²) in [4.78, 5) is 0. The van der Waals surface area contributed by atoms with E-state index in [1.165, 1.54) is 0 Å². The first-order valence-electron chi connectivity index (χ1n) is 5.94. The van der Waals surface area contributed by atoms with Crippen molar-refractivity contribution in [3.05, 3.63) is 62.6 Å². The van der Waals surface area contributed by atoms with E-state index in [-0.39, 0.29) is 0 Å². The number of benzene rings is 2. The molecule has 0 aliphatic rings. The Morgan fingerprint density at radius 2 is 2.00 bits per heavy atom. The molecule has 0 bridgehead atoms. The third kappa shape index (κ3) is 3.51. The van der Waals surface area contributed by atoms with E-state index in [0.29, 0.717) is 23.7 Å². The zero-order chi connectivity index (χ0) is 14.5. The number of hydrogen-bond donors (Lipinski definition) is 1. The van der Waals surface area contributed by atoms with Gasteiger partial charge in [-0.15, -0.1) is 0 Å². The Morgan fingerprint density at radius 3 is 2.65 bits per heavy atom. The molecule has 0 aliphatic heterocycles. The van der Waals surface area contributed by atoms with Gasteiger partial charge in [0.05, 0.1) is 11.6 Å². The number of hydrogen-bond acceptors (Lipinski definition) is 3. The molecule has 0 fully saturated rings. The highest BCUT2D eigenvalue weighted by atomic mass is 79.9. The number of rotatable bonds is 4. The van der Waals surface area contributed by atoms with Crippen LogP contribution in [0.25, 0.3) is 0 Å². The van der Waals surface area contributed by atoms with Crippen molar-refractivity contribution in [3.63, 3.8) is 0 Å². The van der Waals surface area contributed by atoms with Crippen molar-refractivity contribution >= 4 is 27.5 Å². The summed E-state index contributed by atoms with van der Waals surface area (Å²) in [6.45, 7) is 0.731. The molecule has 0 aromatic heterocycles. The first-order valence-corrected chi connectivity index (χ1v) is 7.11. The second-order valence-electron chi connectivity index (χ2n) is 4.16. The van der Waals surface area contributed by atoms with E-state index in [9.17, 15) is 0 Å². The zero-order valence-electron chi connectivity index (χ0n) is 10.6. The quantitative estimate of drug-likeness (QED) is 0.905. The third-order valence-electron chi connectivity index (χ3n) is 2.81. The van der Waals surface area contributed by atoms with Gasteiger partial charge in [0.25, 0.3) is 0 Å². The van der Waals surface area contributed by atoms with E-state index in [4.69, 9.17) is 27.3 Å². The minimum atomic E-state index is 0.333. The number of nitriles is 1. The van der Waals surface area contributed by atoms with Crippen LogP contribution in [-0.2, 0) is 13.2 Å². The molecule has 0 saturated heterocycles. The maximum atomic E-state index is 8.80. The van der Waals surface area contributed by atoms with Crippen molar-refractivity contribution in [1.29, 1.82) is 5.26 Å². The van der Waals surface area contributed by atoms with Crippen molar-refractivity contribution in [2.24, 2.45) is 5.73 Å². The second kappa shape index (κ2) is 6.76. The van der Waals surface area contributed by atoms with Gasteiger partial charge in [0.1, 0.15) is 12.4 Å². The van der Waals surface area contributed by atoms with E-state index in [1.54, 1.807) is 18.2 Å². The van der Waals surface area contributed by atoms with E-state index < -0.39 is 0 Å². The lowest BCUT2D eigenvalue weighted by atomic mass is 10.1. The van der Waals surface area contributed by atoms with Gasteiger partial charge in [-0.3, -0.25) is 0 Å². The Kier molecular flexibility index (Phi) is 5.02. The van der Waals surface area contributed by atoms with E-state index in [0.717, 1.165) is 21.3 Å². The van der Waals surface area contributed by atoms with Crippen LogP contribution in [0.5, 0.6) is 5.75 Å². The lowest BCUT2D eigenvalue weighted by Crippen LogP contribution is -2.03. The van der Waals surface area contributed by atoms with Crippen LogP contribution in [-0.4, -0.2) is 0 Å². The topological polar surface area (TPSA) is 59.0 Å². The molecule has 0 atom stereocenters. The summed E-state index contributed by atoms with van der Waals surface area (Å²) < 4.78 is 6.72. The average molecular weight is 352 g/mol. The molecule has 0 amide bonds. The van der Waals surface area contributed by atoms with Crippen LogP contribution in [0.4, 0.5) is 0 Å². The maximum absolute atomic E-state index is 8.80. The number of ether oxygens (including phenoxy) is 1. The summed E-state index contributed by atoms with van der Waals surface area (Å²) in [6, 6.07) is 12.9. The van der Waals surface area contributed by atoms with Gasteiger partial charge >= 0.3 is 0 Å². The van der Waals surface area contributed by atoms with Crippen molar-refractivity contribution in [2.45, 2.75) is 13.2 Å². The van der Waals surface area contributed by atoms with E-state index in [2.05, 4.69) is 15.9 Å². The van der Waals surface area contributed by atoms with Crippen molar-refractivity contribution in [3.8, 4) is 11.8 Å². The molecule has 0 heterocycles. The Balaban J connectivity index is 2.15. The Bertz CT molecular complexity index is 667. The fourth-order valence-electron chi connectivity index (χ4n) is 1.74. The lowest BCUT2D eigenvalue weighted by Gasteiger charge is -2.12. The number of halogens is 2. The van der Waals surface area contributed by atoms with E-state index in [1.807, 2.05) is 24.3 Å². The summed E-state index contributed by atoms with van der Waals surface area (Å²) in [5, 5.41) is 9.32. The van der Waals surface area contributed by atoms with Gasteiger partial charge in [-0.1, -0.05) is 33.6 Å². The fraction of sp³-hybridized carbons (Fsp3) is 0.133. The number of nitrogens with zero attached hydrogens (tertiary/aromatic N) is 1. The predicted molar refractivity (Wildman–Crippen MR) is 82.5 cm³/mol. The molecule has 0 saturated carbocycles. The van der Waals surface area contributed by atoms with Crippen molar-refractivity contribution in [1.82, 2.24) is 0 Å². The molecule has 0 unspecified atom stereocenters. The molecule has 0 radical (unpaired) electrons. The van der Waals surface area contributed by atoms with Gasteiger partial charge in [-0.25, -0.2) is 0 Å². The van der Waals surface area contributed by atoms with Crippen LogP contribution in [0, 0.1) is 11.3 Å². The normalized spacial score (nSPS) is 10.1. The smallest absolute Gasteiger partial charge is 0.124 e. The van der Waals surface area contributed by atoms with Crippen molar-refractivity contribution < 1.29 is 4.74 Å². The first kappa shape index (κ1) is 14.9. The fourth-order valence-corrected chi connectivity index (χ4v) is 2.38. The summed E-state index contributed by atoms with van der Waals surface area (Å²) >= 11 is 9.51. The SMILES string of the molecule is N#Cc1ccc(COc2ccc(Br)cc2CN)c(Cl)c1. The summed E-state index contributed by atoms with van der Waals surface area (Å²) in [7, 11) is 0. The Hall–Kier alpha value is -1.54. The minimum absolute atomic E-state index is 0.333. The highest BCUT2D eigenvalue weighted by Crippen LogP contribution is 2.25. The van der Waals surface area contributed by atoms with Crippen LogP contribution in [0.3, 0.4) is 0 Å². The Labute approximate surface area is 131 Å². The Morgan fingerprint density at radius 1 is 1.20 bits per heavy atom. The molecule has 2 rings (SSSR count). The molecule has 2 N–H and O–H groups in total. The summed E-state index contributed by atoms with van der Waals surface area (Å²) in [5.74, 6) is 0.733. The number of nitrogens with two attached hydrogens (primary N) is 1. The molecule has 2 aromatic rings. The van der Waals surface area contributed by atoms with Crippen LogP contribution < -0.4 is 10.5 Å². The molecule has 5 heteroatoms. The van der Waals surface area contributed by atoms with Gasteiger partial charge < -0.3 is 10.5 Å². The largest absolute Gasteiger partial charge is 0.489 e. The highest BCUT2D eigenvalue weighted by Gasteiger charge is 2.06. The van der Waals surface area contributed by atoms with Crippen LogP contribution >= 0.6 is 27.5 Å². The second-order valence-corrected chi connectivity index (χ2v) is 5.49. The predicted octanol–water partition coefficient (Wildman–Crippen LogP) is 4.01. The molecule has 2 aromatic carbocycles. The van der Waals surface area contributed by atoms with Crippen molar-refractivity contribution in [2.75, 3.05) is 0 Å². The standard InChI is InChI=1S/C15H12BrClN2O/c16-13-3-4-15(12(6-13)8-19)20-9-11-2-1-10(7-18)5-14(11)17/h1-6H,8-9,19H2. The van der Waals surface area contributed by atoms with Gasteiger partial charge in [0, 0.05) is 27.2 Å². The maximum Gasteiger partial charge on any atom is 0.124 e. The summed E-state index contributed by atoms with van der Waals surface area (Å²) in [5.41, 5.74) is 7.98. The lowest BCUT2D eigenvalue weighted by molar-refractivity contribution is 0.303. The highest BCUT2D eigenvalue weighted by molar-refractivity contribution is 9.10. The molecule has 0 spiro atoms. The van der Waals surface area contributed by atoms with Gasteiger partial charge in [-0.05, 0) is 30.3 Å². The minimum Gasteiger partial charge on any atom is -0.489 e. The van der Waals surface area contributed by atoms with Crippen LogP contribution in [0.1, 0.15) is 16.7 Å². The third-order valence-corrected chi connectivity index (χ3v) is 3.65. The zero-order valence-corrected chi connectivity index (χ0v) is 12.9. The molecule has 3 nitrogen and oxygen atoms in total. The molecule has 102 valence electrons. The first-order chi connectivity index (χ1) is 9.63. The molecule has 20 heavy (non-hydrogen) atoms. The summed E-state index contributed by atoms with van der Waals surface area (Å²) in [6.07, 6.45) is 0. The average Bonchev–Trinajstić information content (AvgIpc) is 2.46.